The molecule has 11 heteroatoms. The van der Waals surface area contributed by atoms with E-state index >= 15 is 0 Å². The molecule has 0 saturated carbocycles. The van der Waals surface area contributed by atoms with Crippen molar-refractivity contribution >= 4 is 43.8 Å². The van der Waals surface area contributed by atoms with Gasteiger partial charge >= 0.3 is 18.1 Å². The van der Waals surface area contributed by atoms with Crippen LogP contribution in [0.25, 0.3) is 11.3 Å². The van der Waals surface area contributed by atoms with Crippen molar-refractivity contribution in [3.8, 4) is 11.3 Å². The number of esters is 2. The number of halogens is 5. The van der Waals surface area contributed by atoms with E-state index in [9.17, 15) is 22.8 Å². The molecule has 0 saturated heterocycles. The summed E-state index contributed by atoms with van der Waals surface area (Å²) in [6.45, 7) is 2.17. The molecular formula is C17H14Br2F3NO5. The van der Waals surface area contributed by atoms with Crippen molar-refractivity contribution in [1.29, 1.82) is 0 Å². The first-order valence-electron chi connectivity index (χ1n) is 7.77. The van der Waals surface area contributed by atoms with E-state index in [-0.39, 0.29) is 22.9 Å². The molecule has 2 atom stereocenters. The summed E-state index contributed by atoms with van der Waals surface area (Å²) in [4.78, 5) is 25.8. The summed E-state index contributed by atoms with van der Waals surface area (Å²) in [5, 5.41) is 0. The van der Waals surface area contributed by atoms with Gasteiger partial charge in [-0.25, -0.2) is 4.98 Å². The third-order valence-electron chi connectivity index (χ3n) is 3.42. The number of hydrogen-bond acceptors (Lipinski definition) is 6. The van der Waals surface area contributed by atoms with Gasteiger partial charge in [0.05, 0.1) is 5.56 Å². The summed E-state index contributed by atoms with van der Waals surface area (Å²) in [5.74, 6) is -1.08. The minimum absolute atomic E-state index is 0.0835. The summed E-state index contributed by atoms with van der Waals surface area (Å²) < 4.78 is 53.8. The molecule has 28 heavy (non-hydrogen) atoms. The summed E-state index contributed by atoms with van der Waals surface area (Å²) in [5.41, 5.74) is -0.133. The van der Waals surface area contributed by atoms with Gasteiger partial charge in [-0.3, -0.25) is 9.59 Å². The number of carbonyl (C=O) groups excluding carboxylic acids is 2. The zero-order valence-corrected chi connectivity index (χ0v) is 17.7. The Bertz CT molecular complexity index is 851. The number of benzene rings is 1. The van der Waals surface area contributed by atoms with Crippen LogP contribution in [0.3, 0.4) is 0 Å². The van der Waals surface area contributed by atoms with E-state index in [0.717, 1.165) is 12.1 Å². The SMILES string of the molecule is CC(=O)OCC(OC(C)=O)C(Br)c1nc(-c2ccc(C(F)(F)F)cc2)c(Br)o1. The summed E-state index contributed by atoms with van der Waals surface area (Å²) in [6, 6.07) is 4.40. The predicted molar refractivity (Wildman–Crippen MR) is 98.5 cm³/mol. The molecule has 0 fully saturated rings. The lowest BCUT2D eigenvalue weighted by atomic mass is 10.1. The molecule has 1 heterocycles. The number of ether oxygens (including phenoxy) is 2. The van der Waals surface area contributed by atoms with Crippen LogP contribution >= 0.6 is 31.9 Å². The minimum atomic E-state index is -4.44. The number of alkyl halides is 4. The fraction of sp³-hybridized carbons (Fsp3) is 0.353. The van der Waals surface area contributed by atoms with Crippen LogP contribution < -0.4 is 0 Å². The maximum Gasteiger partial charge on any atom is 0.416 e. The van der Waals surface area contributed by atoms with Gasteiger partial charge in [-0.15, -0.1) is 0 Å². The van der Waals surface area contributed by atoms with Crippen molar-refractivity contribution in [2.24, 2.45) is 0 Å². The van der Waals surface area contributed by atoms with Gasteiger partial charge < -0.3 is 13.9 Å². The molecule has 2 unspecified atom stereocenters. The number of carbonyl (C=O) groups is 2. The molecule has 0 spiro atoms. The average Bonchev–Trinajstić information content (AvgIpc) is 2.98. The van der Waals surface area contributed by atoms with Gasteiger partial charge in [0.15, 0.2) is 10.8 Å². The standard InChI is InChI=1S/C17H14Br2F3NO5/c1-8(24)26-7-12(27-9(2)25)13(18)16-23-14(15(19)28-16)10-3-5-11(6-4-10)17(20,21)22/h3-6,12-13H,7H2,1-2H3. The van der Waals surface area contributed by atoms with Gasteiger partial charge in [0.2, 0.25) is 5.89 Å². The fourth-order valence-electron chi connectivity index (χ4n) is 2.18. The number of aromatic nitrogens is 1. The van der Waals surface area contributed by atoms with Crippen molar-refractivity contribution in [3.63, 3.8) is 0 Å². The molecule has 1 aromatic heterocycles. The molecule has 0 aliphatic carbocycles. The second-order valence-corrected chi connectivity index (χ2v) is 7.31. The second kappa shape index (κ2) is 9.08. The highest BCUT2D eigenvalue weighted by atomic mass is 79.9. The molecule has 6 nitrogen and oxygen atoms in total. The van der Waals surface area contributed by atoms with E-state index in [0.29, 0.717) is 5.56 Å². The lowest BCUT2D eigenvalue weighted by Gasteiger charge is -2.19. The first-order valence-corrected chi connectivity index (χ1v) is 9.48. The zero-order valence-electron chi connectivity index (χ0n) is 14.5. The topological polar surface area (TPSA) is 78.6 Å². The molecule has 0 N–H and O–H groups in total. The van der Waals surface area contributed by atoms with E-state index in [1.165, 1.54) is 26.0 Å². The summed E-state index contributed by atoms with van der Waals surface area (Å²) >= 11 is 6.47. The van der Waals surface area contributed by atoms with Crippen molar-refractivity contribution < 1.29 is 36.7 Å². The fourth-order valence-corrected chi connectivity index (χ4v) is 3.12. The zero-order chi connectivity index (χ0) is 21.1. The molecule has 0 bridgehead atoms. The molecule has 0 aliphatic heterocycles. The van der Waals surface area contributed by atoms with Crippen LogP contribution in [0.2, 0.25) is 0 Å². The van der Waals surface area contributed by atoms with Crippen molar-refractivity contribution in [2.75, 3.05) is 6.61 Å². The number of hydrogen-bond donors (Lipinski definition) is 0. The van der Waals surface area contributed by atoms with Crippen molar-refractivity contribution in [1.82, 2.24) is 4.98 Å². The minimum Gasteiger partial charge on any atom is -0.462 e. The third-order valence-corrected chi connectivity index (χ3v) is 4.94. The van der Waals surface area contributed by atoms with Gasteiger partial charge in [-0.2, -0.15) is 13.2 Å². The van der Waals surface area contributed by atoms with Crippen LogP contribution in [0.15, 0.2) is 33.4 Å². The highest BCUT2D eigenvalue weighted by Gasteiger charge is 2.32. The first kappa shape index (κ1) is 22.4. The Morgan fingerprint density at radius 1 is 1.18 bits per heavy atom. The molecule has 1 aromatic carbocycles. The van der Waals surface area contributed by atoms with Crippen LogP contribution in [0.5, 0.6) is 0 Å². The Morgan fingerprint density at radius 2 is 1.79 bits per heavy atom. The molecule has 2 rings (SSSR count). The van der Waals surface area contributed by atoms with Crippen LogP contribution in [0, 0.1) is 0 Å². The third kappa shape index (κ3) is 5.81. The van der Waals surface area contributed by atoms with Crippen molar-refractivity contribution in [3.05, 3.63) is 40.4 Å². The Kier molecular flexibility index (Phi) is 7.27. The maximum absolute atomic E-state index is 12.7. The Balaban J connectivity index is 2.27. The lowest BCUT2D eigenvalue weighted by Crippen LogP contribution is -2.27. The van der Waals surface area contributed by atoms with E-state index < -0.39 is 34.6 Å². The predicted octanol–water partition coefficient (Wildman–Crippen LogP) is 5.05. The molecule has 152 valence electrons. The van der Waals surface area contributed by atoms with Crippen LogP contribution in [-0.2, 0) is 25.2 Å². The highest BCUT2D eigenvalue weighted by Crippen LogP contribution is 2.37. The molecular weight excluding hydrogens is 515 g/mol. The molecule has 0 amide bonds. The highest BCUT2D eigenvalue weighted by molar-refractivity contribution is 9.10. The number of oxazole rings is 1. The summed E-state index contributed by atoms with van der Waals surface area (Å²) in [7, 11) is 0. The Hall–Kier alpha value is -1.88. The number of rotatable bonds is 6. The van der Waals surface area contributed by atoms with Gasteiger partial charge in [0.1, 0.15) is 17.1 Å². The van der Waals surface area contributed by atoms with E-state index in [4.69, 9.17) is 13.9 Å². The maximum atomic E-state index is 12.7. The van der Waals surface area contributed by atoms with E-state index in [1.54, 1.807) is 0 Å². The quantitative estimate of drug-likeness (QED) is 0.385. The van der Waals surface area contributed by atoms with Gasteiger partial charge in [-0.1, -0.05) is 28.1 Å². The van der Waals surface area contributed by atoms with Gasteiger partial charge in [0.25, 0.3) is 0 Å². The van der Waals surface area contributed by atoms with Crippen molar-refractivity contribution in [2.45, 2.75) is 31.0 Å². The molecule has 0 radical (unpaired) electrons. The van der Waals surface area contributed by atoms with Gasteiger partial charge in [0, 0.05) is 19.4 Å². The normalized spacial score (nSPS) is 13.7. The van der Waals surface area contributed by atoms with Gasteiger partial charge in [-0.05, 0) is 28.1 Å². The largest absolute Gasteiger partial charge is 0.462 e. The Morgan fingerprint density at radius 3 is 2.29 bits per heavy atom. The Labute approximate surface area is 174 Å². The monoisotopic (exact) mass is 527 g/mol. The molecule has 0 aliphatic rings. The smallest absolute Gasteiger partial charge is 0.416 e. The van der Waals surface area contributed by atoms with E-state index in [2.05, 4.69) is 36.8 Å². The molecule has 2 aromatic rings. The lowest BCUT2D eigenvalue weighted by molar-refractivity contribution is -0.156. The summed E-state index contributed by atoms with van der Waals surface area (Å²) in [6.07, 6.45) is -5.37. The van der Waals surface area contributed by atoms with E-state index in [1.807, 2.05) is 0 Å². The first-order chi connectivity index (χ1) is 13.0. The van der Waals surface area contributed by atoms with Crippen LogP contribution in [-0.4, -0.2) is 29.6 Å². The number of nitrogens with zero attached hydrogens (tertiary/aromatic N) is 1. The average molecular weight is 529 g/mol. The second-order valence-electron chi connectivity index (χ2n) is 5.60. The van der Waals surface area contributed by atoms with Crippen LogP contribution in [0.4, 0.5) is 13.2 Å². The van der Waals surface area contributed by atoms with Crippen LogP contribution in [0.1, 0.15) is 30.1 Å².